The fourth-order valence-corrected chi connectivity index (χ4v) is 9.21. The van der Waals surface area contributed by atoms with Crippen LogP contribution in [0.15, 0.2) is 97.2 Å². The van der Waals surface area contributed by atoms with E-state index in [4.69, 9.17) is 13.8 Å². The minimum Gasteiger partial charge on any atom is -0.456 e. The fraction of sp³-hybridized carbons (Fsp3) is 0.727. The number of hydrogen-bond acceptors (Lipinski definition) is 6. The van der Waals surface area contributed by atoms with E-state index in [0.29, 0.717) is 23.9 Å². The van der Waals surface area contributed by atoms with E-state index in [0.717, 1.165) is 83.5 Å². The molecule has 0 saturated heterocycles. The first-order valence-corrected chi connectivity index (χ1v) is 32.6. The third-order valence-electron chi connectivity index (χ3n) is 13.3. The normalized spacial score (nSPS) is 14.4. The monoisotopic (exact) mass is 1080 g/mol. The van der Waals surface area contributed by atoms with Crippen LogP contribution in [0.25, 0.3) is 0 Å². The van der Waals surface area contributed by atoms with Crippen molar-refractivity contribution in [1.82, 2.24) is 5.32 Å². The molecule has 0 spiro atoms. The van der Waals surface area contributed by atoms with Gasteiger partial charge < -0.3 is 19.4 Å². The smallest absolute Gasteiger partial charge is 0.456 e. The molecule has 3 unspecified atom stereocenters. The summed E-state index contributed by atoms with van der Waals surface area (Å²) in [7, 11) is 1.46. The van der Waals surface area contributed by atoms with Crippen LogP contribution in [0.3, 0.4) is 0 Å². The molecule has 0 aromatic heterocycles. The van der Waals surface area contributed by atoms with Gasteiger partial charge in [0.25, 0.3) is 0 Å². The standard InChI is InChI=1S/C66H117N2O7P/c1-7-10-13-16-19-22-25-28-30-32-33-34-35-37-38-40-43-46-49-52-55-58-65(69)67-63(62-74-76(71,72)73-61-60-68(4,5)6)64(57-54-51-48-45-42-27-24-21-18-15-12-9-3)75-66(70)59-56-53-50-47-44-41-39-36-31-29-26-23-20-17-14-11-8-2/h11,14,19-20,22-23,28-31,39,41,47,50,54,57,63-64H,7-10,12-13,15-18,21,24-27,32-38,40,42-46,48-49,51-53,55-56,58-62H2,1-6H3,(H-,67,69,71,72)/p+1/b14-11-,22-19-,23-20-,30-28-,31-29-,41-39-,50-47-,57-54-. The number of allylic oxidation sites excluding steroid dienone is 15. The van der Waals surface area contributed by atoms with E-state index in [-0.39, 0.29) is 31.5 Å². The van der Waals surface area contributed by atoms with Crippen molar-refractivity contribution in [2.24, 2.45) is 0 Å². The Morgan fingerprint density at radius 3 is 1.32 bits per heavy atom. The maximum absolute atomic E-state index is 13.6. The largest absolute Gasteiger partial charge is 0.472 e. The van der Waals surface area contributed by atoms with Crippen molar-refractivity contribution >= 4 is 19.7 Å². The lowest BCUT2D eigenvalue weighted by Gasteiger charge is -2.27. The van der Waals surface area contributed by atoms with E-state index >= 15 is 0 Å². The number of rotatable bonds is 55. The number of quaternary nitrogens is 1. The lowest BCUT2D eigenvalue weighted by molar-refractivity contribution is -0.870. The van der Waals surface area contributed by atoms with Gasteiger partial charge in [0.2, 0.25) is 5.91 Å². The summed E-state index contributed by atoms with van der Waals surface area (Å²) in [6.07, 6.45) is 74.1. The van der Waals surface area contributed by atoms with Crippen molar-refractivity contribution in [2.75, 3.05) is 40.9 Å². The molecule has 0 aromatic carbocycles. The number of ether oxygens (including phenoxy) is 1. The van der Waals surface area contributed by atoms with Gasteiger partial charge in [0.1, 0.15) is 19.3 Å². The summed E-state index contributed by atoms with van der Waals surface area (Å²) in [6.45, 7) is 6.83. The molecular weight excluding hydrogens is 964 g/mol. The highest BCUT2D eigenvalue weighted by molar-refractivity contribution is 7.47. The van der Waals surface area contributed by atoms with Gasteiger partial charge in [-0.15, -0.1) is 0 Å². The Labute approximate surface area is 468 Å². The average molecular weight is 1080 g/mol. The highest BCUT2D eigenvalue weighted by Gasteiger charge is 2.30. The topological polar surface area (TPSA) is 111 Å². The molecule has 0 rings (SSSR count). The average Bonchev–Trinajstić information content (AvgIpc) is 3.38. The van der Waals surface area contributed by atoms with Gasteiger partial charge in [-0.2, -0.15) is 0 Å². The van der Waals surface area contributed by atoms with E-state index in [2.05, 4.69) is 111 Å². The fourth-order valence-electron chi connectivity index (χ4n) is 8.48. The summed E-state index contributed by atoms with van der Waals surface area (Å²) in [5.74, 6) is -0.577. The Balaban J connectivity index is 5.32. The number of phosphoric acid groups is 1. The zero-order chi connectivity index (χ0) is 55.7. The lowest BCUT2D eigenvalue weighted by Crippen LogP contribution is -2.47. The third-order valence-corrected chi connectivity index (χ3v) is 14.2. The number of likely N-dealkylation sites (N-methyl/N-ethyl adjacent to an activating group) is 1. The minimum absolute atomic E-state index is 0.0271. The molecule has 0 heterocycles. The maximum atomic E-state index is 13.6. The van der Waals surface area contributed by atoms with Crippen LogP contribution >= 0.6 is 7.82 Å². The summed E-state index contributed by atoms with van der Waals surface area (Å²) in [4.78, 5) is 37.7. The molecule has 0 radical (unpaired) electrons. The number of hydrogen-bond donors (Lipinski definition) is 2. The van der Waals surface area contributed by atoms with Gasteiger partial charge in [-0.3, -0.25) is 18.6 Å². The van der Waals surface area contributed by atoms with E-state index in [9.17, 15) is 19.0 Å². The zero-order valence-corrected chi connectivity index (χ0v) is 50.9. The molecule has 0 saturated carbocycles. The summed E-state index contributed by atoms with van der Waals surface area (Å²) in [5, 5.41) is 3.04. The molecule has 10 heteroatoms. The third kappa shape index (κ3) is 55.7. The van der Waals surface area contributed by atoms with Crippen LogP contribution in [-0.4, -0.2) is 74.3 Å². The van der Waals surface area contributed by atoms with Crippen molar-refractivity contribution in [3.63, 3.8) is 0 Å². The highest BCUT2D eigenvalue weighted by atomic mass is 31.2. The molecular formula is C66H118N2O7P+. The Hall–Kier alpha value is -3.07. The van der Waals surface area contributed by atoms with Gasteiger partial charge in [0.15, 0.2) is 0 Å². The first-order valence-electron chi connectivity index (χ1n) is 31.1. The summed E-state index contributed by atoms with van der Waals surface area (Å²) >= 11 is 0. The molecule has 0 fully saturated rings. The van der Waals surface area contributed by atoms with Gasteiger partial charge in [0.05, 0.1) is 33.8 Å². The van der Waals surface area contributed by atoms with Crippen molar-refractivity contribution < 1.29 is 37.3 Å². The maximum Gasteiger partial charge on any atom is 0.472 e. The van der Waals surface area contributed by atoms with Crippen LogP contribution < -0.4 is 5.32 Å². The Morgan fingerprint density at radius 1 is 0.474 bits per heavy atom. The number of esters is 1. The van der Waals surface area contributed by atoms with Gasteiger partial charge in [-0.25, -0.2) is 4.57 Å². The van der Waals surface area contributed by atoms with E-state index in [1.807, 2.05) is 33.3 Å². The Morgan fingerprint density at radius 2 is 0.855 bits per heavy atom. The second-order valence-electron chi connectivity index (χ2n) is 21.8. The summed E-state index contributed by atoms with van der Waals surface area (Å²) in [5.41, 5.74) is 0. The quantitative estimate of drug-likeness (QED) is 0.0205. The first-order chi connectivity index (χ1) is 36.9. The molecule has 9 nitrogen and oxygen atoms in total. The van der Waals surface area contributed by atoms with Crippen molar-refractivity contribution in [3.8, 4) is 0 Å². The van der Waals surface area contributed by atoms with Gasteiger partial charge in [-0.1, -0.05) is 240 Å². The van der Waals surface area contributed by atoms with Crippen LogP contribution in [0.2, 0.25) is 0 Å². The van der Waals surface area contributed by atoms with Crippen molar-refractivity contribution in [2.45, 2.75) is 270 Å². The van der Waals surface area contributed by atoms with Crippen LogP contribution in [0.1, 0.15) is 258 Å². The van der Waals surface area contributed by atoms with Crippen molar-refractivity contribution in [1.29, 1.82) is 0 Å². The number of unbranched alkanes of at least 4 members (excludes halogenated alkanes) is 25. The van der Waals surface area contributed by atoms with E-state index in [1.165, 1.54) is 135 Å². The Bertz CT molecular complexity index is 1620. The van der Waals surface area contributed by atoms with E-state index in [1.54, 1.807) is 0 Å². The van der Waals surface area contributed by atoms with Crippen LogP contribution in [-0.2, 0) is 27.9 Å². The van der Waals surface area contributed by atoms with Crippen LogP contribution in [0.4, 0.5) is 0 Å². The van der Waals surface area contributed by atoms with E-state index < -0.39 is 20.0 Å². The van der Waals surface area contributed by atoms with Crippen LogP contribution in [0, 0.1) is 0 Å². The zero-order valence-electron chi connectivity index (χ0n) is 50.0. The molecule has 2 N–H and O–H groups in total. The number of nitrogens with zero attached hydrogens (tertiary/aromatic N) is 1. The first kappa shape index (κ1) is 72.9. The van der Waals surface area contributed by atoms with Gasteiger partial charge in [-0.05, 0) is 102 Å². The lowest BCUT2D eigenvalue weighted by atomic mass is 10.0. The molecule has 1 amide bonds. The molecule has 0 aromatic rings. The van der Waals surface area contributed by atoms with Crippen molar-refractivity contribution in [3.05, 3.63) is 97.2 Å². The molecule has 0 aliphatic rings. The number of carbonyl (C=O) groups is 2. The molecule has 3 atom stereocenters. The SMILES string of the molecule is CC/C=C\C/C=C\C/C=C\C/C=C\C/C=C\CCCC(=O)OC(/C=C\CCCCCCCCCCCC)C(COP(=O)(O)OCC[N+](C)(C)C)NC(=O)CCCCCCCCCCCCC/C=C\C/C=C\CCCCC. The Kier molecular flexibility index (Phi) is 53.0. The second kappa shape index (κ2) is 55.3. The van der Waals surface area contributed by atoms with Gasteiger partial charge >= 0.3 is 13.8 Å². The molecule has 0 bridgehead atoms. The number of nitrogens with one attached hydrogen (secondary N) is 1. The number of carbonyl (C=O) groups excluding carboxylic acids is 2. The molecule has 438 valence electrons. The minimum atomic E-state index is -4.47. The van der Waals surface area contributed by atoms with Crippen LogP contribution in [0.5, 0.6) is 0 Å². The molecule has 0 aliphatic heterocycles. The summed E-state index contributed by atoms with van der Waals surface area (Å²) in [6, 6.07) is -0.877. The number of phosphoric ester groups is 1. The number of amides is 1. The molecule has 0 aliphatic carbocycles. The molecule has 76 heavy (non-hydrogen) atoms. The van der Waals surface area contributed by atoms with Gasteiger partial charge in [0, 0.05) is 12.8 Å². The predicted molar refractivity (Wildman–Crippen MR) is 327 cm³/mol. The highest BCUT2D eigenvalue weighted by Crippen LogP contribution is 2.43. The predicted octanol–water partition coefficient (Wildman–Crippen LogP) is 19.2. The summed E-state index contributed by atoms with van der Waals surface area (Å²) < 4.78 is 30.6. The second-order valence-corrected chi connectivity index (χ2v) is 23.3.